The Balaban J connectivity index is 1.57. The van der Waals surface area contributed by atoms with Crippen LogP contribution >= 0.6 is 23.2 Å². The van der Waals surface area contributed by atoms with Crippen LogP contribution in [-0.2, 0) is 9.59 Å². The second-order valence-corrected chi connectivity index (χ2v) is 7.87. The maximum absolute atomic E-state index is 12.5. The zero-order valence-electron chi connectivity index (χ0n) is 17.5. The molecule has 2 atom stereocenters. The number of halogens is 2. The van der Waals surface area contributed by atoms with Crippen molar-refractivity contribution in [2.45, 2.75) is 26.1 Å². The van der Waals surface area contributed by atoms with E-state index in [4.69, 9.17) is 32.7 Å². The number of nitrogens with one attached hydrogen (secondary N) is 2. The molecule has 0 saturated heterocycles. The molecule has 0 saturated carbocycles. The molecule has 0 aromatic heterocycles. The number of anilines is 2. The predicted octanol–water partition coefficient (Wildman–Crippen LogP) is 5.81. The molecule has 8 heteroatoms. The van der Waals surface area contributed by atoms with Crippen molar-refractivity contribution in [2.75, 3.05) is 10.6 Å². The molecular formula is C24H22Cl2N2O4. The number of carbonyl (C=O) groups excluding carboxylic acids is 2. The van der Waals surface area contributed by atoms with Crippen molar-refractivity contribution < 1.29 is 19.1 Å². The van der Waals surface area contributed by atoms with Gasteiger partial charge in [0.25, 0.3) is 11.8 Å². The van der Waals surface area contributed by atoms with Gasteiger partial charge in [0.05, 0.1) is 0 Å². The van der Waals surface area contributed by atoms with E-state index in [1.807, 2.05) is 0 Å². The molecule has 6 nitrogen and oxygen atoms in total. The van der Waals surface area contributed by atoms with Gasteiger partial charge in [0.2, 0.25) is 0 Å². The van der Waals surface area contributed by atoms with E-state index in [2.05, 4.69) is 10.6 Å². The molecule has 0 unspecified atom stereocenters. The third kappa shape index (κ3) is 6.90. The van der Waals surface area contributed by atoms with Crippen molar-refractivity contribution in [3.8, 4) is 11.5 Å². The summed E-state index contributed by atoms with van der Waals surface area (Å²) >= 11 is 11.9. The lowest BCUT2D eigenvalue weighted by atomic mass is 10.2. The first-order valence-corrected chi connectivity index (χ1v) is 10.6. The van der Waals surface area contributed by atoms with Crippen LogP contribution in [-0.4, -0.2) is 24.0 Å². The summed E-state index contributed by atoms with van der Waals surface area (Å²) in [4.78, 5) is 25.0. The average Bonchev–Trinajstić information content (AvgIpc) is 2.74. The first-order chi connectivity index (χ1) is 15.3. The minimum absolute atomic E-state index is 0.342. The van der Waals surface area contributed by atoms with Crippen molar-refractivity contribution in [2.24, 2.45) is 0 Å². The van der Waals surface area contributed by atoms with Gasteiger partial charge >= 0.3 is 0 Å². The Morgan fingerprint density at radius 3 is 1.50 bits per heavy atom. The quantitative estimate of drug-likeness (QED) is 0.433. The number of carbonyl (C=O) groups is 2. The van der Waals surface area contributed by atoms with E-state index >= 15 is 0 Å². The first-order valence-electron chi connectivity index (χ1n) is 9.86. The van der Waals surface area contributed by atoms with Crippen molar-refractivity contribution in [1.82, 2.24) is 0 Å². The molecule has 166 valence electrons. The van der Waals surface area contributed by atoms with Crippen LogP contribution in [0.3, 0.4) is 0 Å². The highest BCUT2D eigenvalue weighted by Crippen LogP contribution is 2.21. The Hall–Kier alpha value is -3.22. The van der Waals surface area contributed by atoms with Gasteiger partial charge in [0.1, 0.15) is 11.5 Å². The molecule has 0 aliphatic heterocycles. The summed E-state index contributed by atoms with van der Waals surface area (Å²) in [7, 11) is 0. The molecule has 0 aliphatic rings. The third-order valence-electron chi connectivity index (χ3n) is 4.35. The molecule has 0 spiro atoms. The van der Waals surface area contributed by atoms with E-state index in [1.54, 1.807) is 86.6 Å². The Morgan fingerprint density at radius 2 is 1.09 bits per heavy atom. The normalized spacial score (nSPS) is 12.4. The molecule has 32 heavy (non-hydrogen) atoms. The van der Waals surface area contributed by atoms with Crippen LogP contribution < -0.4 is 20.1 Å². The molecule has 0 aliphatic carbocycles. The van der Waals surface area contributed by atoms with Crippen LogP contribution in [0.4, 0.5) is 11.4 Å². The first kappa shape index (κ1) is 23.4. The van der Waals surface area contributed by atoms with E-state index in [9.17, 15) is 9.59 Å². The van der Waals surface area contributed by atoms with Crippen LogP contribution in [0.15, 0.2) is 72.8 Å². The standard InChI is InChI=1S/C24H22Cl2N2O4/c1-15(31-21-10-3-6-17(25)12-21)23(29)27-19-8-5-9-20(14-19)28-24(30)16(2)32-22-11-4-7-18(26)13-22/h3-16H,1-2H3,(H,27,29)(H,28,30)/t15-,16+. The molecule has 2 amide bonds. The van der Waals surface area contributed by atoms with Crippen LogP contribution in [0.2, 0.25) is 10.0 Å². The van der Waals surface area contributed by atoms with Gasteiger partial charge in [-0.15, -0.1) is 0 Å². The Kier molecular flexibility index (Phi) is 7.98. The molecule has 2 N–H and O–H groups in total. The van der Waals surface area contributed by atoms with E-state index in [1.165, 1.54) is 0 Å². The van der Waals surface area contributed by atoms with E-state index in [0.29, 0.717) is 32.9 Å². The van der Waals surface area contributed by atoms with E-state index < -0.39 is 12.2 Å². The van der Waals surface area contributed by atoms with Gasteiger partial charge < -0.3 is 20.1 Å². The van der Waals surface area contributed by atoms with Crippen LogP contribution in [0.1, 0.15) is 13.8 Å². The zero-order valence-corrected chi connectivity index (χ0v) is 19.0. The van der Waals surface area contributed by atoms with Gasteiger partial charge in [-0.2, -0.15) is 0 Å². The van der Waals surface area contributed by atoms with Crippen LogP contribution in [0, 0.1) is 0 Å². The Labute approximate surface area is 196 Å². The molecule has 0 heterocycles. The van der Waals surface area contributed by atoms with E-state index in [0.717, 1.165) is 0 Å². The summed E-state index contributed by atoms with van der Waals surface area (Å²) in [5.74, 6) is 0.307. The topological polar surface area (TPSA) is 76.7 Å². The maximum Gasteiger partial charge on any atom is 0.265 e. The van der Waals surface area contributed by atoms with Crippen molar-refractivity contribution in [1.29, 1.82) is 0 Å². The largest absolute Gasteiger partial charge is 0.481 e. The molecular weight excluding hydrogens is 451 g/mol. The minimum atomic E-state index is -0.752. The van der Waals surface area contributed by atoms with Gasteiger partial charge in [-0.1, -0.05) is 41.4 Å². The van der Waals surface area contributed by atoms with E-state index in [-0.39, 0.29) is 11.8 Å². The number of rotatable bonds is 8. The SMILES string of the molecule is C[C@H](Oc1cccc(Cl)c1)C(=O)Nc1cccc(NC(=O)[C@@H](C)Oc2cccc(Cl)c2)c1. The molecule has 3 aromatic carbocycles. The van der Waals surface area contributed by atoms with Gasteiger partial charge in [-0.05, 0) is 68.4 Å². The fourth-order valence-corrected chi connectivity index (χ4v) is 3.12. The molecule has 0 bridgehead atoms. The average molecular weight is 473 g/mol. The molecule has 0 radical (unpaired) electrons. The van der Waals surface area contributed by atoms with Crippen molar-refractivity contribution in [3.05, 3.63) is 82.8 Å². The predicted molar refractivity (Wildman–Crippen MR) is 127 cm³/mol. The summed E-state index contributed by atoms with van der Waals surface area (Å²) in [5.41, 5.74) is 1.02. The fourth-order valence-electron chi connectivity index (χ4n) is 2.76. The van der Waals surface area contributed by atoms with Gasteiger partial charge in [0, 0.05) is 21.4 Å². The Morgan fingerprint density at radius 1 is 0.688 bits per heavy atom. The molecule has 0 fully saturated rings. The molecule has 3 aromatic rings. The number of benzene rings is 3. The second-order valence-electron chi connectivity index (χ2n) is 6.99. The lowest BCUT2D eigenvalue weighted by Gasteiger charge is -2.17. The highest BCUT2D eigenvalue weighted by atomic mass is 35.5. The van der Waals surface area contributed by atoms with Gasteiger partial charge in [-0.25, -0.2) is 0 Å². The fraction of sp³-hybridized carbons (Fsp3) is 0.167. The van der Waals surface area contributed by atoms with Gasteiger partial charge in [0.15, 0.2) is 12.2 Å². The summed E-state index contributed by atoms with van der Waals surface area (Å²) in [6.07, 6.45) is -1.50. The molecule has 3 rings (SSSR count). The zero-order chi connectivity index (χ0) is 23.1. The summed E-state index contributed by atoms with van der Waals surface area (Å²) < 4.78 is 11.3. The van der Waals surface area contributed by atoms with Gasteiger partial charge in [-0.3, -0.25) is 9.59 Å². The number of hydrogen-bond acceptors (Lipinski definition) is 4. The maximum atomic E-state index is 12.5. The summed E-state index contributed by atoms with van der Waals surface area (Å²) in [6.45, 7) is 3.27. The number of hydrogen-bond donors (Lipinski definition) is 2. The van der Waals surface area contributed by atoms with Crippen molar-refractivity contribution >= 4 is 46.4 Å². The smallest absolute Gasteiger partial charge is 0.265 e. The monoisotopic (exact) mass is 472 g/mol. The highest BCUT2D eigenvalue weighted by Gasteiger charge is 2.17. The minimum Gasteiger partial charge on any atom is -0.481 e. The van der Waals surface area contributed by atoms with Crippen LogP contribution in [0.5, 0.6) is 11.5 Å². The van der Waals surface area contributed by atoms with Crippen molar-refractivity contribution in [3.63, 3.8) is 0 Å². The van der Waals surface area contributed by atoms with Crippen LogP contribution in [0.25, 0.3) is 0 Å². The lowest BCUT2D eigenvalue weighted by molar-refractivity contribution is -0.122. The highest BCUT2D eigenvalue weighted by molar-refractivity contribution is 6.31. The lowest BCUT2D eigenvalue weighted by Crippen LogP contribution is -2.31. The second kappa shape index (κ2) is 10.9. The summed E-state index contributed by atoms with van der Waals surface area (Å²) in [5, 5.41) is 6.58. The summed E-state index contributed by atoms with van der Waals surface area (Å²) in [6, 6.07) is 20.4. The third-order valence-corrected chi connectivity index (χ3v) is 4.82. The number of ether oxygens (including phenoxy) is 2. The number of amides is 2. The Bertz CT molecular complexity index is 1020.